The van der Waals surface area contributed by atoms with Crippen molar-refractivity contribution in [1.82, 2.24) is 5.32 Å². The number of carbonyl (C=O) groups is 2. The molecule has 1 aliphatic heterocycles. The average molecular weight is 483 g/mol. The first-order valence-corrected chi connectivity index (χ1v) is 10.6. The monoisotopic (exact) mass is 482 g/mol. The van der Waals surface area contributed by atoms with E-state index in [1.807, 2.05) is 18.2 Å². The summed E-state index contributed by atoms with van der Waals surface area (Å²) in [6, 6.07) is 18.5. The predicted octanol–water partition coefficient (Wildman–Crippen LogP) is 4.71. The minimum atomic E-state index is -0.342. The van der Waals surface area contributed by atoms with Gasteiger partial charge in [0.15, 0.2) is 0 Å². The van der Waals surface area contributed by atoms with Gasteiger partial charge in [-0.05, 0) is 72.1 Å². The maximum atomic E-state index is 13.0. The molecule has 0 unspecified atom stereocenters. The van der Waals surface area contributed by atoms with Crippen LogP contribution in [0.15, 0.2) is 71.2 Å². The number of ether oxygens (including phenoxy) is 1. The van der Waals surface area contributed by atoms with Crippen LogP contribution in [0, 0.1) is 11.7 Å². The lowest BCUT2D eigenvalue weighted by atomic mass is 9.95. The first kappa shape index (κ1) is 21.1. The molecule has 0 aromatic heterocycles. The van der Waals surface area contributed by atoms with Crippen molar-refractivity contribution in [1.29, 1.82) is 0 Å². The van der Waals surface area contributed by atoms with E-state index in [2.05, 4.69) is 26.6 Å². The summed E-state index contributed by atoms with van der Waals surface area (Å²) in [7, 11) is 0. The first-order chi connectivity index (χ1) is 15.0. The molecule has 1 heterocycles. The van der Waals surface area contributed by atoms with Crippen LogP contribution in [0.3, 0.4) is 0 Å². The Kier molecular flexibility index (Phi) is 6.32. The minimum Gasteiger partial charge on any atom is -0.492 e. The quantitative estimate of drug-likeness (QED) is 0.553. The van der Waals surface area contributed by atoms with E-state index in [0.717, 1.165) is 15.6 Å². The molecule has 2 N–H and O–H groups in total. The van der Waals surface area contributed by atoms with Crippen LogP contribution in [0.2, 0.25) is 0 Å². The summed E-state index contributed by atoms with van der Waals surface area (Å²) in [6.45, 7) is 0.610. The van der Waals surface area contributed by atoms with E-state index in [0.29, 0.717) is 30.0 Å². The van der Waals surface area contributed by atoms with Crippen LogP contribution in [0.4, 0.5) is 10.1 Å². The molecule has 0 saturated heterocycles. The second-order valence-electron chi connectivity index (χ2n) is 7.34. The van der Waals surface area contributed by atoms with Crippen LogP contribution in [-0.2, 0) is 17.8 Å². The van der Waals surface area contributed by atoms with Crippen molar-refractivity contribution in [3.8, 4) is 5.75 Å². The maximum absolute atomic E-state index is 13.0. The van der Waals surface area contributed by atoms with Crippen molar-refractivity contribution in [3.05, 3.63) is 93.7 Å². The average Bonchev–Trinajstić information content (AvgIpc) is 2.78. The highest BCUT2D eigenvalue weighted by Gasteiger charge is 2.26. The fraction of sp³-hybridized carbons (Fsp3) is 0.167. The topological polar surface area (TPSA) is 67.4 Å². The van der Waals surface area contributed by atoms with Crippen LogP contribution >= 0.6 is 15.9 Å². The summed E-state index contributed by atoms with van der Waals surface area (Å²) < 4.78 is 19.7. The number of hydrogen-bond acceptors (Lipinski definition) is 3. The highest BCUT2D eigenvalue weighted by Crippen LogP contribution is 2.30. The van der Waals surface area contributed by atoms with Gasteiger partial charge in [-0.3, -0.25) is 9.59 Å². The van der Waals surface area contributed by atoms with Gasteiger partial charge in [0.05, 0.1) is 5.92 Å². The van der Waals surface area contributed by atoms with Gasteiger partial charge < -0.3 is 15.4 Å². The molecule has 0 saturated carbocycles. The lowest BCUT2D eigenvalue weighted by Gasteiger charge is -2.25. The molecule has 1 aliphatic rings. The van der Waals surface area contributed by atoms with E-state index < -0.39 is 0 Å². The Morgan fingerprint density at radius 2 is 1.77 bits per heavy atom. The van der Waals surface area contributed by atoms with Gasteiger partial charge in [-0.1, -0.05) is 28.1 Å². The first-order valence-electron chi connectivity index (χ1n) is 9.83. The van der Waals surface area contributed by atoms with E-state index >= 15 is 0 Å². The standard InChI is InChI=1S/C24H20BrFN2O3/c25-19-5-3-16(4-6-19)24(30)28-21-9-10-22-17(12-21)11-18(14-31-22)23(29)27-13-15-1-7-20(26)8-2-15/h1-10,12,18H,11,13-14H2,(H,27,29)(H,28,30)/t18-/m0/s1. The van der Waals surface area contributed by atoms with Gasteiger partial charge in [-0.15, -0.1) is 0 Å². The molecule has 31 heavy (non-hydrogen) atoms. The zero-order chi connectivity index (χ0) is 21.8. The summed E-state index contributed by atoms with van der Waals surface area (Å²) in [5, 5.41) is 5.76. The second kappa shape index (κ2) is 9.31. The van der Waals surface area contributed by atoms with Crippen molar-refractivity contribution >= 4 is 33.4 Å². The fourth-order valence-corrected chi connectivity index (χ4v) is 3.65. The van der Waals surface area contributed by atoms with Crippen molar-refractivity contribution in [3.63, 3.8) is 0 Å². The molecule has 1 atom stereocenters. The molecule has 5 nitrogen and oxygen atoms in total. The van der Waals surface area contributed by atoms with Crippen LogP contribution in [-0.4, -0.2) is 18.4 Å². The Morgan fingerprint density at radius 3 is 2.52 bits per heavy atom. The third-order valence-corrected chi connectivity index (χ3v) is 5.61. The Bertz CT molecular complexity index is 1100. The fourth-order valence-electron chi connectivity index (χ4n) is 3.38. The Labute approximate surface area is 187 Å². The molecule has 0 fully saturated rings. The number of fused-ring (bicyclic) bond motifs is 1. The number of anilines is 1. The molecule has 0 spiro atoms. The maximum Gasteiger partial charge on any atom is 0.255 e. The minimum absolute atomic E-state index is 0.126. The highest BCUT2D eigenvalue weighted by atomic mass is 79.9. The highest BCUT2D eigenvalue weighted by molar-refractivity contribution is 9.10. The van der Waals surface area contributed by atoms with Crippen molar-refractivity contribution < 1.29 is 18.7 Å². The second-order valence-corrected chi connectivity index (χ2v) is 8.26. The number of rotatable bonds is 5. The summed E-state index contributed by atoms with van der Waals surface area (Å²) in [4.78, 5) is 25.0. The number of amides is 2. The van der Waals surface area contributed by atoms with E-state index in [9.17, 15) is 14.0 Å². The van der Waals surface area contributed by atoms with Crippen LogP contribution < -0.4 is 15.4 Å². The Morgan fingerprint density at radius 1 is 1.03 bits per heavy atom. The Balaban J connectivity index is 1.38. The van der Waals surface area contributed by atoms with Gasteiger partial charge in [0.2, 0.25) is 5.91 Å². The van der Waals surface area contributed by atoms with Gasteiger partial charge in [-0.25, -0.2) is 4.39 Å². The number of carbonyl (C=O) groups excluding carboxylic acids is 2. The van der Waals surface area contributed by atoms with E-state index in [4.69, 9.17) is 4.74 Å². The van der Waals surface area contributed by atoms with Crippen molar-refractivity contribution in [2.24, 2.45) is 5.92 Å². The molecular weight excluding hydrogens is 463 g/mol. The summed E-state index contributed by atoms with van der Waals surface area (Å²) >= 11 is 3.35. The molecule has 2 amide bonds. The summed E-state index contributed by atoms with van der Waals surface area (Å²) in [5.74, 6) is -0.276. The zero-order valence-corrected chi connectivity index (χ0v) is 18.1. The third kappa shape index (κ3) is 5.30. The van der Waals surface area contributed by atoms with Crippen LogP contribution in [0.25, 0.3) is 0 Å². The third-order valence-electron chi connectivity index (χ3n) is 5.08. The summed E-state index contributed by atoms with van der Waals surface area (Å²) in [6.07, 6.45) is 0.507. The molecule has 0 aliphatic carbocycles. The molecule has 0 radical (unpaired) electrons. The van der Waals surface area contributed by atoms with Crippen LogP contribution in [0.1, 0.15) is 21.5 Å². The Hall–Kier alpha value is -3.19. The molecule has 0 bridgehead atoms. The molecule has 4 rings (SSSR count). The zero-order valence-electron chi connectivity index (χ0n) is 16.5. The van der Waals surface area contributed by atoms with Gasteiger partial charge in [0.1, 0.15) is 18.2 Å². The largest absolute Gasteiger partial charge is 0.492 e. The number of benzene rings is 3. The molecule has 7 heteroatoms. The molecular formula is C24H20BrFN2O3. The van der Waals surface area contributed by atoms with Gasteiger partial charge >= 0.3 is 0 Å². The number of nitrogens with one attached hydrogen (secondary N) is 2. The van der Waals surface area contributed by atoms with Crippen LogP contribution in [0.5, 0.6) is 5.75 Å². The number of hydrogen-bond donors (Lipinski definition) is 2. The van der Waals surface area contributed by atoms with Gasteiger partial charge in [-0.2, -0.15) is 0 Å². The van der Waals surface area contributed by atoms with E-state index in [-0.39, 0.29) is 30.2 Å². The van der Waals surface area contributed by atoms with Crippen molar-refractivity contribution in [2.45, 2.75) is 13.0 Å². The summed E-state index contributed by atoms with van der Waals surface area (Å²) in [5.41, 5.74) is 2.88. The predicted molar refractivity (Wildman–Crippen MR) is 119 cm³/mol. The van der Waals surface area contributed by atoms with Crippen molar-refractivity contribution in [2.75, 3.05) is 11.9 Å². The van der Waals surface area contributed by atoms with E-state index in [1.165, 1.54) is 12.1 Å². The van der Waals surface area contributed by atoms with E-state index in [1.54, 1.807) is 36.4 Å². The molecule has 158 valence electrons. The molecule has 3 aromatic carbocycles. The number of halogens is 2. The molecule has 3 aromatic rings. The van der Waals surface area contributed by atoms with Gasteiger partial charge in [0.25, 0.3) is 5.91 Å². The SMILES string of the molecule is O=C(Nc1ccc2c(c1)C[C@H](C(=O)NCc1ccc(F)cc1)CO2)c1ccc(Br)cc1. The van der Waals surface area contributed by atoms with Gasteiger partial charge in [0, 0.05) is 22.3 Å². The smallest absolute Gasteiger partial charge is 0.255 e. The lowest BCUT2D eigenvalue weighted by molar-refractivity contribution is -0.126. The normalized spacial score (nSPS) is 14.8. The lowest BCUT2D eigenvalue weighted by Crippen LogP contribution is -2.37.